The summed E-state index contributed by atoms with van der Waals surface area (Å²) in [5.41, 5.74) is 4.53. The maximum absolute atomic E-state index is 14.7. The van der Waals surface area contributed by atoms with E-state index in [1.807, 2.05) is 6.07 Å². The minimum absolute atomic E-state index is 0.0188. The quantitative estimate of drug-likeness (QED) is 0.688. The maximum atomic E-state index is 14.7. The highest BCUT2D eigenvalue weighted by Crippen LogP contribution is 2.34. The molecule has 1 aliphatic heterocycles. The molecule has 2 atom stereocenters. The third-order valence-corrected chi connectivity index (χ3v) is 4.45. The van der Waals surface area contributed by atoms with E-state index in [0.717, 1.165) is 6.07 Å². The molecule has 1 amide bonds. The Morgan fingerprint density at radius 3 is 3.08 bits per heavy atom. The number of halogens is 2. The summed E-state index contributed by atoms with van der Waals surface area (Å²) in [6.07, 6.45) is 1.42. The van der Waals surface area contributed by atoms with Crippen LogP contribution in [0.1, 0.15) is 23.2 Å². The van der Waals surface area contributed by atoms with Gasteiger partial charge in [0.15, 0.2) is 5.82 Å². The van der Waals surface area contributed by atoms with E-state index in [1.165, 1.54) is 23.1 Å². The third-order valence-electron chi connectivity index (χ3n) is 4.45. The second-order valence-electron chi connectivity index (χ2n) is 6.05. The van der Waals surface area contributed by atoms with Crippen LogP contribution < -0.4 is 16.4 Å². The normalized spacial score (nSPS) is 22.6. The molecule has 8 nitrogen and oxygen atoms in total. The van der Waals surface area contributed by atoms with E-state index in [-0.39, 0.29) is 24.3 Å². The lowest BCUT2D eigenvalue weighted by atomic mass is 9.84. The summed E-state index contributed by atoms with van der Waals surface area (Å²) in [6, 6.07) is 4.61. The number of nitrogens with one attached hydrogen (secondary N) is 2. The second kappa shape index (κ2) is 7.05. The zero-order chi connectivity index (χ0) is 18.7. The van der Waals surface area contributed by atoms with Gasteiger partial charge in [-0.1, -0.05) is 0 Å². The first kappa shape index (κ1) is 17.8. The van der Waals surface area contributed by atoms with Crippen molar-refractivity contribution in [2.45, 2.75) is 24.6 Å². The predicted molar refractivity (Wildman–Crippen MR) is 88.8 cm³/mol. The lowest BCUT2D eigenvalue weighted by molar-refractivity contribution is 0.0684. The average Bonchev–Trinajstić information content (AvgIpc) is 3.02. The third kappa shape index (κ3) is 3.21. The number of nitrogens with two attached hydrogens (primary N) is 1. The van der Waals surface area contributed by atoms with Crippen LogP contribution in [0.5, 0.6) is 0 Å². The van der Waals surface area contributed by atoms with Crippen molar-refractivity contribution in [2.75, 3.05) is 18.4 Å². The number of primary amides is 1. The molecule has 2 aromatic rings. The van der Waals surface area contributed by atoms with Crippen LogP contribution >= 0.6 is 0 Å². The number of nitrogens with zero attached hydrogens (tertiary/aromatic N) is 4. The number of piperidine rings is 1. The van der Waals surface area contributed by atoms with E-state index in [1.54, 1.807) is 0 Å². The molecule has 1 aliphatic rings. The number of nitriles is 1. The molecule has 136 valence electrons. The van der Waals surface area contributed by atoms with Crippen LogP contribution in [0.4, 0.5) is 20.3 Å². The Morgan fingerprint density at radius 2 is 2.42 bits per heavy atom. The van der Waals surface area contributed by atoms with E-state index in [0.29, 0.717) is 18.7 Å². The molecule has 1 saturated heterocycles. The van der Waals surface area contributed by atoms with Gasteiger partial charge in [0.1, 0.15) is 17.3 Å². The first-order valence-corrected chi connectivity index (χ1v) is 7.96. The van der Waals surface area contributed by atoms with E-state index in [9.17, 15) is 18.8 Å². The predicted octanol–water partition coefficient (Wildman–Crippen LogP) is 1.20. The first-order valence-electron chi connectivity index (χ1n) is 7.96. The second-order valence-corrected chi connectivity index (χ2v) is 6.05. The number of carbonyl (C=O) groups is 1. The van der Waals surface area contributed by atoms with Crippen molar-refractivity contribution in [2.24, 2.45) is 5.73 Å². The van der Waals surface area contributed by atoms with Crippen LogP contribution in [0.2, 0.25) is 0 Å². The molecule has 0 saturated carbocycles. The highest BCUT2D eigenvalue weighted by atomic mass is 19.1. The molecule has 2 unspecified atom stereocenters. The lowest BCUT2D eigenvalue weighted by Gasteiger charge is -2.39. The number of aromatic nitrogens is 3. The van der Waals surface area contributed by atoms with Crippen LogP contribution in [-0.4, -0.2) is 39.9 Å². The molecule has 3 heterocycles. The number of pyridine rings is 1. The minimum Gasteiger partial charge on any atom is -0.365 e. The highest BCUT2D eigenvalue weighted by molar-refractivity contribution is 5.98. The fraction of sp³-hybridized carbons (Fsp3) is 0.375. The molecule has 0 aromatic carbocycles. The van der Waals surface area contributed by atoms with Gasteiger partial charge in [0.2, 0.25) is 5.95 Å². The van der Waals surface area contributed by atoms with Crippen LogP contribution in [0.25, 0.3) is 0 Å². The molecule has 0 aliphatic carbocycles. The van der Waals surface area contributed by atoms with Crippen LogP contribution in [0.15, 0.2) is 24.5 Å². The van der Waals surface area contributed by atoms with Gasteiger partial charge in [0, 0.05) is 30.7 Å². The Bertz CT molecular complexity index is 863. The van der Waals surface area contributed by atoms with Gasteiger partial charge < -0.3 is 16.4 Å². The van der Waals surface area contributed by atoms with Gasteiger partial charge in [-0.05, 0) is 19.0 Å². The number of rotatable bonds is 5. The van der Waals surface area contributed by atoms with Gasteiger partial charge in [-0.2, -0.15) is 14.8 Å². The van der Waals surface area contributed by atoms with E-state index in [2.05, 4.69) is 20.7 Å². The van der Waals surface area contributed by atoms with E-state index in [4.69, 9.17) is 5.73 Å². The smallest absolute Gasteiger partial charge is 0.254 e. The molecular formula is C16H17F2N7O. The standard InChI is InChI=1S/C16H17F2N7O/c17-12-8-21-6-3-16(12,2-4-19)25-9-11(14(20)26)15(24-25)23-10-1-5-22-13(18)7-10/h1,5,7,9,12,21H,2-3,6,8H2,(H2,20,26)(H,22,23,24). The lowest BCUT2D eigenvalue weighted by Crippen LogP contribution is -2.53. The molecule has 1 fully saturated rings. The molecule has 26 heavy (non-hydrogen) atoms. The molecule has 2 aromatic heterocycles. The average molecular weight is 361 g/mol. The first-order chi connectivity index (χ1) is 12.5. The van der Waals surface area contributed by atoms with Crippen molar-refractivity contribution in [1.82, 2.24) is 20.1 Å². The summed E-state index contributed by atoms with van der Waals surface area (Å²) in [6.45, 7) is 0.581. The van der Waals surface area contributed by atoms with E-state index >= 15 is 0 Å². The number of alkyl halides is 1. The van der Waals surface area contributed by atoms with Gasteiger partial charge >= 0.3 is 0 Å². The van der Waals surface area contributed by atoms with Crippen molar-refractivity contribution in [1.29, 1.82) is 5.26 Å². The number of amides is 1. The zero-order valence-corrected chi connectivity index (χ0v) is 13.7. The summed E-state index contributed by atoms with van der Waals surface area (Å²) in [4.78, 5) is 15.2. The number of anilines is 2. The Kier molecular flexibility index (Phi) is 4.81. The minimum atomic E-state index is -1.37. The summed E-state index contributed by atoms with van der Waals surface area (Å²) in [7, 11) is 0. The SMILES string of the molecule is N#CCC1(n2cc(C(N)=O)c(Nc3ccnc(F)c3)n2)CCNCC1F. The molecular weight excluding hydrogens is 344 g/mol. The summed E-state index contributed by atoms with van der Waals surface area (Å²) < 4.78 is 29.3. The number of carbonyl (C=O) groups excluding carboxylic acids is 1. The summed E-state index contributed by atoms with van der Waals surface area (Å²) in [5.74, 6) is -1.42. The molecule has 0 bridgehead atoms. The van der Waals surface area contributed by atoms with E-state index < -0.39 is 23.6 Å². The fourth-order valence-corrected chi connectivity index (χ4v) is 3.05. The van der Waals surface area contributed by atoms with Gasteiger partial charge in [-0.15, -0.1) is 0 Å². The largest absolute Gasteiger partial charge is 0.365 e. The van der Waals surface area contributed by atoms with Gasteiger partial charge in [-0.25, -0.2) is 9.37 Å². The van der Waals surface area contributed by atoms with Crippen LogP contribution in [0, 0.1) is 17.3 Å². The summed E-state index contributed by atoms with van der Waals surface area (Å²) in [5, 5.41) is 19.2. The monoisotopic (exact) mass is 361 g/mol. The Hall–Kier alpha value is -3.06. The van der Waals surface area contributed by atoms with Gasteiger partial charge in [-0.3, -0.25) is 9.48 Å². The molecule has 0 radical (unpaired) electrons. The highest BCUT2D eigenvalue weighted by Gasteiger charge is 2.44. The molecule has 3 rings (SSSR count). The van der Waals surface area contributed by atoms with Gasteiger partial charge in [0.05, 0.1) is 12.5 Å². The summed E-state index contributed by atoms with van der Waals surface area (Å²) >= 11 is 0. The van der Waals surface area contributed by atoms with Crippen molar-refractivity contribution >= 4 is 17.4 Å². The fourth-order valence-electron chi connectivity index (χ4n) is 3.05. The Morgan fingerprint density at radius 1 is 1.62 bits per heavy atom. The van der Waals surface area contributed by atoms with Crippen molar-refractivity contribution in [3.63, 3.8) is 0 Å². The maximum Gasteiger partial charge on any atom is 0.254 e. The van der Waals surface area contributed by atoms with Crippen LogP contribution in [-0.2, 0) is 5.54 Å². The zero-order valence-electron chi connectivity index (χ0n) is 13.7. The van der Waals surface area contributed by atoms with Crippen LogP contribution in [0.3, 0.4) is 0 Å². The Labute approximate surface area is 148 Å². The topological polar surface area (TPSA) is 122 Å². The van der Waals surface area contributed by atoms with Crippen molar-refractivity contribution < 1.29 is 13.6 Å². The number of hydrogen-bond donors (Lipinski definition) is 3. The Balaban J connectivity index is 2.03. The molecule has 4 N–H and O–H groups in total. The van der Waals surface area contributed by atoms with Crippen molar-refractivity contribution in [3.05, 3.63) is 36.0 Å². The van der Waals surface area contributed by atoms with Crippen molar-refractivity contribution in [3.8, 4) is 6.07 Å². The van der Waals surface area contributed by atoms with Gasteiger partial charge in [0.25, 0.3) is 5.91 Å². The molecule has 0 spiro atoms. The molecule has 10 heteroatoms. The number of hydrogen-bond acceptors (Lipinski definition) is 6.